The van der Waals surface area contributed by atoms with E-state index in [0.717, 1.165) is 6.42 Å². The molecule has 0 heterocycles. The first-order valence-corrected chi connectivity index (χ1v) is 5.29. The van der Waals surface area contributed by atoms with Gasteiger partial charge in [0.15, 0.2) is 0 Å². The zero-order valence-corrected chi connectivity index (χ0v) is 12.1. The quantitative estimate of drug-likeness (QED) is 0.479. The molecule has 1 aliphatic carbocycles. The Morgan fingerprint density at radius 3 is 2.12 bits per heavy atom. The zero-order chi connectivity index (χ0) is 11.3. The first-order valence-electron chi connectivity index (χ1n) is 5.29. The van der Waals surface area contributed by atoms with Gasteiger partial charge in [0.1, 0.15) is 0 Å². The molecule has 0 unspecified atom stereocenters. The molecule has 0 amide bonds. The summed E-state index contributed by atoms with van der Waals surface area (Å²) in [6.45, 7) is 8.53. The zero-order valence-electron chi connectivity index (χ0n) is 10.5. The van der Waals surface area contributed by atoms with Crippen LogP contribution in [0, 0.1) is 39.8 Å². The monoisotopic (exact) mass is 246 g/mol. The number of benzene rings is 1. The Kier molecular flexibility index (Phi) is 7.37. The number of hydrogen-bond acceptors (Lipinski definition) is 0. The molecule has 0 aromatic heterocycles. The van der Waals surface area contributed by atoms with E-state index in [2.05, 4.69) is 52.0 Å². The van der Waals surface area contributed by atoms with Crippen LogP contribution in [-0.4, -0.2) is 0 Å². The summed E-state index contributed by atoms with van der Waals surface area (Å²) >= 11 is 0. The van der Waals surface area contributed by atoms with Crippen LogP contribution >= 0.6 is 0 Å². The van der Waals surface area contributed by atoms with Crippen LogP contribution in [0.15, 0.2) is 24.3 Å². The van der Waals surface area contributed by atoms with E-state index in [-0.39, 0.29) is 21.7 Å². The molecule has 16 heavy (non-hydrogen) atoms. The van der Waals surface area contributed by atoms with E-state index in [1.807, 2.05) is 12.2 Å². The van der Waals surface area contributed by atoms with Crippen molar-refractivity contribution in [2.45, 2.75) is 34.1 Å². The Hall–Kier alpha value is -0.586. The van der Waals surface area contributed by atoms with Gasteiger partial charge in [-0.2, -0.15) is 40.5 Å². The summed E-state index contributed by atoms with van der Waals surface area (Å²) in [5.41, 5.74) is 5.38. The van der Waals surface area contributed by atoms with Crippen molar-refractivity contribution in [2.24, 2.45) is 0 Å². The first-order chi connectivity index (χ1) is 7.13. The van der Waals surface area contributed by atoms with Crippen molar-refractivity contribution in [1.82, 2.24) is 0 Å². The van der Waals surface area contributed by atoms with Gasteiger partial charge in [0.05, 0.1) is 0 Å². The molecular formula is C15H18Ti. The summed E-state index contributed by atoms with van der Waals surface area (Å²) in [5.74, 6) is 0. The van der Waals surface area contributed by atoms with Crippen molar-refractivity contribution < 1.29 is 21.7 Å². The van der Waals surface area contributed by atoms with E-state index in [9.17, 15) is 0 Å². The summed E-state index contributed by atoms with van der Waals surface area (Å²) < 4.78 is 0. The van der Waals surface area contributed by atoms with Crippen LogP contribution in [-0.2, 0) is 21.7 Å². The molecule has 0 nitrogen and oxygen atoms in total. The average molecular weight is 246 g/mol. The SMILES string of the molecule is Cc1[c-]cc(C)c(C)c1C.[C-]1=CC=CC1.[Ti+2]. The second-order valence-electron chi connectivity index (χ2n) is 3.85. The molecular weight excluding hydrogens is 228 g/mol. The molecule has 0 radical (unpaired) electrons. The van der Waals surface area contributed by atoms with E-state index < -0.39 is 0 Å². The Labute approximate surface area is 114 Å². The molecule has 0 saturated heterocycles. The minimum absolute atomic E-state index is 0. The largest absolute Gasteiger partial charge is 2.00 e. The third-order valence-electron chi connectivity index (χ3n) is 2.81. The Balaban J connectivity index is 0.000000318. The molecule has 0 aliphatic heterocycles. The van der Waals surface area contributed by atoms with Crippen molar-refractivity contribution >= 4 is 0 Å². The summed E-state index contributed by atoms with van der Waals surface area (Å²) in [6.07, 6.45) is 10.0. The Morgan fingerprint density at radius 1 is 1.06 bits per heavy atom. The van der Waals surface area contributed by atoms with Crippen LogP contribution in [0.3, 0.4) is 0 Å². The van der Waals surface area contributed by atoms with Gasteiger partial charge < -0.3 is 0 Å². The van der Waals surface area contributed by atoms with Gasteiger partial charge in [0, 0.05) is 0 Å². The van der Waals surface area contributed by atoms with Crippen LogP contribution in [0.4, 0.5) is 0 Å². The first kappa shape index (κ1) is 15.4. The summed E-state index contributed by atoms with van der Waals surface area (Å²) in [5, 5.41) is 0. The van der Waals surface area contributed by atoms with Gasteiger partial charge in [0.2, 0.25) is 0 Å². The fourth-order valence-corrected chi connectivity index (χ4v) is 1.35. The molecule has 1 aromatic carbocycles. The number of allylic oxidation sites excluding steroid dienone is 4. The van der Waals surface area contributed by atoms with Crippen molar-refractivity contribution in [3.63, 3.8) is 0 Å². The fourth-order valence-electron chi connectivity index (χ4n) is 1.35. The second-order valence-corrected chi connectivity index (χ2v) is 3.85. The maximum Gasteiger partial charge on any atom is 2.00 e. The molecule has 1 aliphatic rings. The van der Waals surface area contributed by atoms with Gasteiger partial charge in [0.25, 0.3) is 0 Å². The van der Waals surface area contributed by atoms with Crippen molar-refractivity contribution in [3.8, 4) is 0 Å². The van der Waals surface area contributed by atoms with E-state index in [1.54, 1.807) is 0 Å². The summed E-state index contributed by atoms with van der Waals surface area (Å²) in [4.78, 5) is 0. The molecule has 82 valence electrons. The van der Waals surface area contributed by atoms with Crippen LogP contribution in [0.25, 0.3) is 0 Å². The topological polar surface area (TPSA) is 0 Å². The molecule has 0 N–H and O–H groups in total. The van der Waals surface area contributed by atoms with Crippen LogP contribution < -0.4 is 0 Å². The standard InChI is InChI=1S/C10H13.C5H5.Ti/c1-7-5-6-8(2)10(4)9(7)3;1-2-4-5-3-1;/h5H,1-4H3;1-3H,4H2;/q2*-1;+2. The molecule has 0 spiro atoms. The van der Waals surface area contributed by atoms with Gasteiger partial charge in [-0.05, 0) is 0 Å². The fraction of sp³-hybridized carbons (Fsp3) is 0.333. The molecule has 1 aromatic rings. The average Bonchev–Trinajstić information content (AvgIpc) is 2.79. The van der Waals surface area contributed by atoms with Crippen molar-refractivity contribution in [2.75, 3.05) is 0 Å². The predicted molar refractivity (Wildman–Crippen MR) is 65.8 cm³/mol. The van der Waals surface area contributed by atoms with E-state index in [0.29, 0.717) is 0 Å². The Bertz CT molecular complexity index is 350. The van der Waals surface area contributed by atoms with Gasteiger partial charge >= 0.3 is 21.7 Å². The smallest absolute Gasteiger partial charge is 0.273 e. The van der Waals surface area contributed by atoms with Gasteiger partial charge in [-0.1, -0.05) is 27.7 Å². The van der Waals surface area contributed by atoms with Crippen LogP contribution in [0.1, 0.15) is 28.7 Å². The van der Waals surface area contributed by atoms with E-state index in [4.69, 9.17) is 0 Å². The van der Waals surface area contributed by atoms with Gasteiger partial charge in [-0.25, -0.2) is 12.2 Å². The number of hydrogen-bond donors (Lipinski definition) is 0. The van der Waals surface area contributed by atoms with E-state index >= 15 is 0 Å². The third-order valence-corrected chi connectivity index (χ3v) is 2.81. The summed E-state index contributed by atoms with van der Waals surface area (Å²) in [6, 6.07) is 5.26. The van der Waals surface area contributed by atoms with E-state index in [1.165, 1.54) is 22.3 Å². The second kappa shape index (κ2) is 7.65. The van der Waals surface area contributed by atoms with Crippen LogP contribution in [0.5, 0.6) is 0 Å². The third kappa shape index (κ3) is 4.51. The molecule has 0 atom stereocenters. The maximum absolute atomic E-state index is 3.21. The number of rotatable bonds is 0. The normalized spacial score (nSPS) is 11.8. The number of aryl methyl sites for hydroxylation is 2. The molecule has 0 bridgehead atoms. The van der Waals surface area contributed by atoms with Crippen LogP contribution in [0.2, 0.25) is 0 Å². The van der Waals surface area contributed by atoms with Crippen molar-refractivity contribution in [1.29, 1.82) is 0 Å². The van der Waals surface area contributed by atoms with Gasteiger partial charge in [-0.15, -0.1) is 6.42 Å². The molecule has 1 heteroatoms. The van der Waals surface area contributed by atoms with Crippen molar-refractivity contribution in [3.05, 3.63) is 58.7 Å². The molecule has 0 saturated carbocycles. The Morgan fingerprint density at radius 2 is 1.75 bits per heavy atom. The van der Waals surface area contributed by atoms with Gasteiger partial charge in [-0.3, -0.25) is 6.08 Å². The predicted octanol–water partition coefficient (Wildman–Crippen LogP) is 4.02. The molecule has 2 rings (SSSR count). The maximum atomic E-state index is 3.21. The summed E-state index contributed by atoms with van der Waals surface area (Å²) in [7, 11) is 0. The minimum Gasteiger partial charge on any atom is -0.273 e. The molecule has 0 fully saturated rings. The minimum atomic E-state index is 0.